The molecule has 1 N–H and O–H groups in total. The van der Waals surface area contributed by atoms with Crippen LogP contribution in [0.3, 0.4) is 0 Å². The summed E-state index contributed by atoms with van der Waals surface area (Å²) >= 11 is 6.60. The lowest BCUT2D eigenvalue weighted by atomic mass is 10.1. The first-order valence-corrected chi connectivity index (χ1v) is 14.2. The molecule has 37 heavy (non-hydrogen) atoms. The summed E-state index contributed by atoms with van der Waals surface area (Å²) in [7, 11) is 0. The van der Waals surface area contributed by atoms with E-state index in [-0.39, 0.29) is 12.6 Å². The number of piperazine rings is 1. The van der Waals surface area contributed by atoms with E-state index < -0.39 is 6.10 Å². The summed E-state index contributed by atoms with van der Waals surface area (Å²) in [4.78, 5) is 24.2. The van der Waals surface area contributed by atoms with Gasteiger partial charge in [-0.2, -0.15) is 9.97 Å². The van der Waals surface area contributed by atoms with Crippen LogP contribution in [-0.4, -0.2) is 84.1 Å². The molecule has 0 amide bonds. The monoisotopic (exact) mass is 529 g/mol. The second-order valence-corrected chi connectivity index (χ2v) is 11.1. The molecule has 3 saturated heterocycles. The Hall–Kier alpha value is -2.52. The number of pyridine rings is 1. The van der Waals surface area contributed by atoms with Crippen LogP contribution in [0.5, 0.6) is 5.75 Å². The van der Waals surface area contributed by atoms with Crippen molar-refractivity contribution in [2.45, 2.75) is 71.1 Å². The highest BCUT2D eigenvalue weighted by atomic mass is 35.5. The number of aromatic nitrogens is 3. The van der Waals surface area contributed by atoms with E-state index in [9.17, 15) is 5.11 Å². The van der Waals surface area contributed by atoms with Gasteiger partial charge < -0.3 is 29.4 Å². The van der Waals surface area contributed by atoms with Gasteiger partial charge in [0.1, 0.15) is 29.8 Å². The standard InChI is InChI=1S/C27H40ClN7O2/c1-19-8-7-11-35(19)27-30-24(32-9-5-4-6-10-32)15-25(31-27)34-13-12-33(17-20(34)2)26-23(28)14-22(16-29-26)37-18-21(3)36/h14-16,19-21,36H,4-13,17-18H2,1-3H3/t19-,20-,21?/m1/s1. The van der Waals surface area contributed by atoms with Crippen LogP contribution < -0.4 is 24.3 Å². The van der Waals surface area contributed by atoms with Crippen LogP contribution in [0.1, 0.15) is 52.9 Å². The third-order valence-corrected chi connectivity index (χ3v) is 7.96. The fraction of sp³-hybridized carbons (Fsp3) is 0.667. The van der Waals surface area contributed by atoms with Gasteiger partial charge >= 0.3 is 0 Å². The van der Waals surface area contributed by atoms with Crippen LogP contribution in [0.15, 0.2) is 18.3 Å². The van der Waals surface area contributed by atoms with Gasteiger partial charge in [-0.15, -0.1) is 0 Å². The van der Waals surface area contributed by atoms with E-state index in [1.807, 2.05) is 0 Å². The summed E-state index contributed by atoms with van der Waals surface area (Å²) < 4.78 is 5.56. The van der Waals surface area contributed by atoms with Gasteiger partial charge in [-0.1, -0.05) is 11.6 Å². The molecule has 9 nitrogen and oxygen atoms in total. The molecule has 3 aliphatic rings. The molecule has 10 heteroatoms. The molecule has 0 spiro atoms. The number of rotatable bonds is 7. The van der Waals surface area contributed by atoms with Crippen LogP contribution >= 0.6 is 11.6 Å². The summed E-state index contributed by atoms with van der Waals surface area (Å²) in [6.07, 6.45) is 7.27. The first kappa shape index (κ1) is 26.1. The van der Waals surface area contributed by atoms with Gasteiger partial charge in [-0.3, -0.25) is 0 Å². The molecule has 3 fully saturated rings. The van der Waals surface area contributed by atoms with Crippen LogP contribution in [0.25, 0.3) is 0 Å². The molecule has 2 aromatic heterocycles. The van der Waals surface area contributed by atoms with E-state index in [4.69, 9.17) is 26.3 Å². The summed E-state index contributed by atoms with van der Waals surface area (Å²) in [6.45, 7) is 12.0. The second-order valence-electron chi connectivity index (χ2n) is 10.7. The number of hydrogen-bond acceptors (Lipinski definition) is 9. The normalized spacial score (nSPS) is 23.5. The molecule has 1 unspecified atom stereocenters. The van der Waals surface area contributed by atoms with E-state index in [0.29, 0.717) is 16.8 Å². The highest BCUT2D eigenvalue weighted by Crippen LogP contribution is 2.33. The predicted molar refractivity (Wildman–Crippen MR) is 150 cm³/mol. The maximum Gasteiger partial charge on any atom is 0.229 e. The van der Waals surface area contributed by atoms with E-state index in [2.05, 4.69) is 44.5 Å². The molecule has 5 heterocycles. The van der Waals surface area contributed by atoms with Crippen LogP contribution in [0.2, 0.25) is 5.02 Å². The van der Waals surface area contributed by atoms with Gasteiger partial charge in [-0.05, 0) is 52.9 Å². The number of aliphatic hydroxyl groups excluding tert-OH is 1. The van der Waals surface area contributed by atoms with Gasteiger partial charge in [0.15, 0.2) is 0 Å². The van der Waals surface area contributed by atoms with E-state index >= 15 is 0 Å². The number of piperidine rings is 1. The molecular formula is C27H40ClN7O2. The Morgan fingerprint density at radius 3 is 2.41 bits per heavy atom. The van der Waals surface area contributed by atoms with Crippen LogP contribution in [-0.2, 0) is 0 Å². The van der Waals surface area contributed by atoms with Crippen molar-refractivity contribution in [3.05, 3.63) is 23.4 Å². The minimum absolute atomic E-state index is 0.212. The first-order valence-electron chi connectivity index (χ1n) is 13.8. The molecule has 0 aromatic carbocycles. The average molecular weight is 530 g/mol. The number of aliphatic hydroxyl groups is 1. The Morgan fingerprint density at radius 2 is 1.73 bits per heavy atom. The van der Waals surface area contributed by atoms with Crippen LogP contribution in [0.4, 0.5) is 23.4 Å². The molecule has 2 aromatic rings. The van der Waals surface area contributed by atoms with Crippen molar-refractivity contribution < 1.29 is 9.84 Å². The molecule has 3 atom stereocenters. The number of ether oxygens (including phenoxy) is 1. The topological polar surface area (TPSA) is 81.1 Å². The smallest absolute Gasteiger partial charge is 0.229 e. The van der Waals surface area contributed by atoms with E-state index in [0.717, 1.165) is 62.7 Å². The van der Waals surface area contributed by atoms with Crippen molar-refractivity contribution in [1.82, 2.24) is 15.0 Å². The summed E-state index contributed by atoms with van der Waals surface area (Å²) in [5.74, 6) is 4.27. The zero-order valence-electron chi connectivity index (χ0n) is 22.3. The molecule has 0 aliphatic carbocycles. The zero-order chi connectivity index (χ0) is 25.9. The van der Waals surface area contributed by atoms with Crippen LogP contribution in [0, 0.1) is 0 Å². The Morgan fingerprint density at radius 1 is 0.946 bits per heavy atom. The Balaban J connectivity index is 1.34. The molecule has 0 radical (unpaired) electrons. The zero-order valence-corrected chi connectivity index (χ0v) is 23.1. The van der Waals surface area contributed by atoms with Crippen molar-refractivity contribution in [3.63, 3.8) is 0 Å². The minimum atomic E-state index is -0.543. The van der Waals surface area contributed by atoms with Crippen molar-refractivity contribution in [2.24, 2.45) is 0 Å². The summed E-state index contributed by atoms with van der Waals surface area (Å²) in [6, 6.07) is 4.67. The fourth-order valence-corrected chi connectivity index (χ4v) is 5.91. The highest BCUT2D eigenvalue weighted by molar-refractivity contribution is 6.33. The quantitative estimate of drug-likeness (QED) is 0.572. The largest absolute Gasteiger partial charge is 0.489 e. The fourth-order valence-electron chi connectivity index (χ4n) is 5.63. The average Bonchev–Trinajstić information content (AvgIpc) is 3.33. The SMILES string of the molecule is CC(O)COc1cnc(N2CCN(c3cc(N4CCCCC4)nc(N4CCC[C@H]4C)n3)[C@H](C)C2)c(Cl)c1. The van der Waals surface area contributed by atoms with Gasteiger partial charge in [0, 0.05) is 63.5 Å². The second kappa shape index (κ2) is 11.5. The Bertz CT molecular complexity index is 1070. The molecule has 0 saturated carbocycles. The number of halogens is 1. The van der Waals surface area contributed by atoms with Gasteiger partial charge in [0.25, 0.3) is 0 Å². The predicted octanol–water partition coefficient (Wildman–Crippen LogP) is 3.98. The third kappa shape index (κ3) is 5.98. The number of hydrogen-bond donors (Lipinski definition) is 1. The molecule has 5 rings (SSSR count). The molecule has 0 bridgehead atoms. The van der Waals surface area contributed by atoms with Gasteiger partial charge in [-0.25, -0.2) is 4.98 Å². The molecule has 3 aliphatic heterocycles. The molecular weight excluding hydrogens is 490 g/mol. The van der Waals surface area contributed by atoms with E-state index in [1.165, 1.54) is 32.1 Å². The summed E-state index contributed by atoms with van der Waals surface area (Å²) in [5, 5.41) is 10.0. The number of anilines is 4. The lowest BCUT2D eigenvalue weighted by molar-refractivity contribution is 0.122. The lowest BCUT2D eigenvalue weighted by Crippen LogP contribution is -2.53. The first-order chi connectivity index (χ1) is 17.9. The van der Waals surface area contributed by atoms with Gasteiger partial charge in [0.2, 0.25) is 5.95 Å². The maximum absolute atomic E-state index is 9.47. The lowest BCUT2D eigenvalue weighted by Gasteiger charge is -2.42. The van der Waals surface area contributed by atoms with Crippen molar-refractivity contribution in [3.8, 4) is 5.75 Å². The van der Waals surface area contributed by atoms with Crippen molar-refractivity contribution in [2.75, 3.05) is 65.5 Å². The van der Waals surface area contributed by atoms with Gasteiger partial charge in [0.05, 0.1) is 17.3 Å². The van der Waals surface area contributed by atoms with E-state index in [1.54, 1.807) is 19.2 Å². The summed E-state index contributed by atoms with van der Waals surface area (Å²) in [5.41, 5.74) is 0. The highest BCUT2D eigenvalue weighted by Gasteiger charge is 2.30. The Kier molecular flexibility index (Phi) is 8.09. The molecule has 202 valence electrons. The maximum atomic E-state index is 9.47. The van der Waals surface area contributed by atoms with Crippen molar-refractivity contribution in [1.29, 1.82) is 0 Å². The Labute approximate surface area is 225 Å². The minimum Gasteiger partial charge on any atom is -0.489 e. The van der Waals surface area contributed by atoms with Crippen molar-refractivity contribution >= 4 is 35.0 Å². The number of nitrogens with zero attached hydrogens (tertiary/aromatic N) is 7. The third-order valence-electron chi connectivity index (χ3n) is 7.69.